The molecule has 1 amide bonds. The molecule has 0 saturated heterocycles. The number of rotatable bonds is 3. The first kappa shape index (κ1) is 14.9. The highest BCUT2D eigenvalue weighted by molar-refractivity contribution is 6.34. The van der Waals surface area contributed by atoms with Gasteiger partial charge in [-0.1, -0.05) is 11.6 Å². The van der Waals surface area contributed by atoms with Crippen LogP contribution in [0.3, 0.4) is 0 Å². The van der Waals surface area contributed by atoms with E-state index in [2.05, 4.69) is 5.32 Å². The van der Waals surface area contributed by atoms with Crippen molar-refractivity contribution in [3.05, 3.63) is 64.2 Å². The van der Waals surface area contributed by atoms with Crippen molar-refractivity contribution in [1.82, 2.24) is 0 Å². The molecule has 2 aromatic carbocycles. The summed E-state index contributed by atoms with van der Waals surface area (Å²) < 4.78 is 26.1. The Bertz CT molecular complexity index is 714. The minimum absolute atomic E-state index is 0.000116. The van der Waals surface area contributed by atoms with Gasteiger partial charge < -0.3 is 10.4 Å². The summed E-state index contributed by atoms with van der Waals surface area (Å²) in [6.45, 7) is 0. The Morgan fingerprint density at radius 3 is 2.14 bits per heavy atom. The minimum Gasteiger partial charge on any atom is -0.478 e. The Morgan fingerprint density at radius 1 is 1.00 bits per heavy atom. The van der Waals surface area contributed by atoms with Gasteiger partial charge in [-0.2, -0.15) is 0 Å². The predicted molar refractivity (Wildman–Crippen MR) is 72.7 cm³/mol. The number of carbonyl (C=O) groups excluding carboxylic acids is 1. The summed E-state index contributed by atoms with van der Waals surface area (Å²) in [4.78, 5) is 22.6. The van der Waals surface area contributed by atoms with Gasteiger partial charge in [-0.15, -0.1) is 0 Å². The van der Waals surface area contributed by atoms with Crippen LogP contribution in [-0.4, -0.2) is 17.0 Å². The van der Waals surface area contributed by atoms with Crippen LogP contribution in [0.25, 0.3) is 0 Å². The van der Waals surface area contributed by atoms with E-state index < -0.39 is 23.5 Å². The first-order chi connectivity index (χ1) is 9.86. The van der Waals surface area contributed by atoms with Gasteiger partial charge >= 0.3 is 5.97 Å². The normalized spacial score (nSPS) is 10.2. The summed E-state index contributed by atoms with van der Waals surface area (Å²) in [6, 6.07) is 6.09. The molecule has 21 heavy (non-hydrogen) atoms. The average Bonchev–Trinajstić information content (AvgIpc) is 2.39. The number of carboxylic acid groups (broad SMARTS) is 1. The van der Waals surface area contributed by atoms with Crippen LogP contribution < -0.4 is 5.32 Å². The van der Waals surface area contributed by atoms with E-state index >= 15 is 0 Å². The molecule has 2 N–H and O–H groups in total. The van der Waals surface area contributed by atoms with E-state index in [1.54, 1.807) is 0 Å². The monoisotopic (exact) mass is 311 g/mol. The fourth-order valence-electron chi connectivity index (χ4n) is 1.63. The Labute approximate surface area is 123 Å². The summed E-state index contributed by atoms with van der Waals surface area (Å²) in [6.07, 6.45) is 0. The van der Waals surface area contributed by atoms with Crippen molar-refractivity contribution in [3.63, 3.8) is 0 Å². The number of aromatic carboxylic acids is 1. The standard InChI is InChI=1S/C14H8ClF2NO3/c15-11-5-7(14(20)21)1-2-12(11)18-13(19)8-3-9(16)6-10(17)4-8/h1-6H,(H,18,19)(H,20,21). The maximum atomic E-state index is 13.0. The van der Waals surface area contributed by atoms with Crippen LogP contribution in [0.4, 0.5) is 14.5 Å². The second-order valence-electron chi connectivity index (χ2n) is 4.11. The van der Waals surface area contributed by atoms with Gasteiger partial charge in [0.2, 0.25) is 0 Å². The smallest absolute Gasteiger partial charge is 0.335 e. The maximum absolute atomic E-state index is 13.0. The van der Waals surface area contributed by atoms with Gasteiger partial charge in [0.25, 0.3) is 5.91 Å². The Balaban J connectivity index is 2.25. The third kappa shape index (κ3) is 3.55. The second-order valence-corrected chi connectivity index (χ2v) is 4.52. The topological polar surface area (TPSA) is 66.4 Å². The van der Waals surface area contributed by atoms with Crippen molar-refractivity contribution >= 4 is 29.2 Å². The Kier molecular flexibility index (Phi) is 4.18. The van der Waals surface area contributed by atoms with Gasteiger partial charge in [-0.05, 0) is 30.3 Å². The molecule has 0 unspecified atom stereocenters. The molecule has 0 aromatic heterocycles. The van der Waals surface area contributed by atoms with Crippen molar-refractivity contribution in [2.24, 2.45) is 0 Å². The van der Waals surface area contributed by atoms with Crippen LogP contribution >= 0.6 is 11.6 Å². The van der Waals surface area contributed by atoms with Crippen molar-refractivity contribution in [2.45, 2.75) is 0 Å². The molecule has 2 rings (SSSR count). The number of carboxylic acids is 1. The first-order valence-electron chi connectivity index (χ1n) is 5.67. The van der Waals surface area contributed by atoms with E-state index in [-0.39, 0.29) is 21.8 Å². The van der Waals surface area contributed by atoms with Crippen molar-refractivity contribution in [2.75, 3.05) is 5.32 Å². The lowest BCUT2D eigenvalue weighted by Gasteiger charge is -2.08. The van der Waals surface area contributed by atoms with Crippen LogP contribution in [0.1, 0.15) is 20.7 Å². The number of carbonyl (C=O) groups is 2. The van der Waals surface area contributed by atoms with E-state index in [0.717, 1.165) is 18.2 Å². The lowest BCUT2D eigenvalue weighted by atomic mass is 10.1. The second kappa shape index (κ2) is 5.88. The Hall–Kier alpha value is -2.47. The van der Waals surface area contributed by atoms with E-state index in [0.29, 0.717) is 6.07 Å². The van der Waals surface area contributed by atoms with Gasteiger partial charge in [0.1, 0.15) is 11.6 Å². The molecule has 0 aliphatic heterocycles. The highest BCUT2D eigenvalue weighted by Crippen LogP contribution is 2.24. The molecular formula is C14H8ClF2NO3. The summed E-state index contributed by atoms with van der Waals surface area (Å²) in [5.74, 6) is -3.69. The molecular weight excluding hydrogens is 304 g/mol. The van der Waals surface area contributed by atoms with Gasteiger partial charge in [-0.3, -0.25) is 4.79 Å². The van der Waals surface area contributed by atoms with E-state index in [1.807, 2.05) is 0 Å². The van der Waals surface area contributed by atoms with E-state index in [9.17, 15) is 18.4 Å². The van der Waals surface area contributed by atoms with E-state index in [1.165, 1.54) is 12.1 Å². The van der Waals surface area contributed by atoms with Crippen LogP contribution in [0.2, 0.25) is 5.02 Å². The average molecular weight is 312 g/mol. The number of halogens is 3. The molecule has 0 spiro atoms. The first-order valence-corrected chi connectivity index (χ1v) is 6.05. The molecule has 0 bridgehead atoms. The largest absolute Gasteiger partial charge is 0.478 e. The van der Waals surface area contributed by atoms with Crippen LogP contribution in [0.15, 0.2) is 36.4 Å². The molecule has 2 aromatic rings. The highest BCUT2D eigenvalue weighted by atomic mass is 35.5. The van der Waals surface area contributed by atoms with Crippen LogP contribution in [0, 0.1) is 11.6 Å². The molecule has 0 fully saturated rings. The molecule has 0 radical (unpaired) electrons. The zero-order valence-corrected chi connectivity index (χ0v) is 11.1. The number of hydrogen-bond donors (Lipinski definition) is 2. The quantitative estimate of drug-likeness (QED) is 0.910. The number of amides is 1. The van der Waals surface area contributed by atoms with Gasteiger partial charge in [0, 0.05) is 11.6 Å². The van der Waals surface area contributed by atoms with E-state index in [4.69, 9.17) is 16.7 Å². The van der Waals surface area contributed by atoms with Crippen LogP contribution in [0.5, 0.6) is 0 Å². The number of benzene rings is 2. The zero-order valence-electron chi connectivity index (χ0n) is 10.4. The lowest BCUT2D eigenvalue weighted by molar-refractivity contribution is 0.0696. The van der Waals surface area contributed by atoms with Crippen molar-refractivity contribution in [1.29, 1.82) is 0 Å². The molecule has 7 heteroatoms. The SMILES string of the molecule is O=C(O)c1ccc(NC(=O)c2cc(F)cc(F)c2)c(Cl)c1. The molecule has 0 aliphatic rings. The summed E-state index contributed by atoms with van der Waals surface area (Å²) in [5, 5.41) is 11.1. The van der Waals surface area contributed by atoms with Gasteiger partial charge in [0.05, 0.1) is 16.3 Å². The fourth-order valence-corrected chi connectivity index (χ4v) is 1.86. The maximum Gasteiger partial charge on any atom is 0.335 e. The highest BCUT2D eigenvalue weighted by Gasteiger charge is 2.12. The molecule has 0 atom stereocenters. The molecule has 4 nitrogen and oxygen atoms in total. The van der Waals surface area contributed by atoms with Crippen LogP contribution in [-0.2, 0) is 0 Å². The number of hydrogen-bond acceptors (Lipinski definition) is 2. The van der Waals surface area contributed by atoms with Gasteiger partial charge in [0.15, 0.2) is 0 Å². The third-order valence-corrected chi connectivity index (χ3v) is 2.90. The lowest BCUT2D eigenvalue weighted by Crippen LogP contribution is -2.13. The Morgan fingerprint density at radius 2 is 1.62 bits per heavy atom. The fraction of sp³-hybridized carbons (Fsp3) is 0. The zero-order chi connectivity index (χ0) is 15.6. The molecule has 0 saturated carbocycles. The molecule has 0 heterocycles. The predicted octanol–water partition coefficient (Wildman–Crippen LogP) is 3.57. The van der Waals surface area contributed by atoms with Crippen molar-refractivity contribution in [3.8, 4) is 0 Å². The summed E-state index contributed by atoms with van der Waals surface area (Å²) in [7, 11) is 0. The number of nitrogens with one attached hydrogen (secondary N) is 1. The number of anilines is 1. The molecule has 108 valence electrons. The summed E-state index contributed by atoms with van der Waals surface area (Å²) in [5.41, 5.74) is -0.128. The third-order valence-electron chi connectivity index (χ3n) is 2.59. The van der Waals surface area contributed by atoms with Crippen molar-refractivity contribution < 1.29 is 23.5 Å². The summed E-state index contributed by atoms with van der Waals surface area (Å²) >= 11 is 5.84. The van der Waals surface area contributed by atoms with Gasteiger partial charge in [-0.25, -0.2) is 13.6 Å². The minimum atomic E-state index is -1.16. The molecule has 0 aliphatic carbocycles.